The van der Waals surface area contributed by atoms with Crippen LogP contribution in [0.1, 0.15) is 32.1 Å². The second-order valence-corrected chi connectivity index (χ2v) is 6.54. The van der Waals surface area contributed by atoms with Gasteiger partial charge >= 0.3 is 0 Å². The molecule has 0 saturated heterocycles. The summed E-state index contributed by atoms with van der Waals surface area (Å²) in [6.07, 6.45) is 9.24. The van der Waals surface area contributed by atoms with E-state index in [1.165, 1.54) is 38.3 Å². The summed E-state index contributed by atoms with van der Waals surface area (Å²) in [5, 5.41) is 4.52. The molecule has 0 aliphatic heterocycles. The summed E-state index contributed by atoms with van der Waals surface area (Å²) >= 11 is 0. The molecule has 0 radical (unpaired) electrons. The van der Waals surface area contributed by atoms with Crippen LogP contribution in [0.5, 0.6) is 0 Å². The maximum atomic E-state index is 13.3. The van der Waals surface area contributed by atoms with Gasteiger partial charge in [-0.25, -0.2) is 15.0 Å². The smallest absolute Gasteiger partial charge is 0.236 e. The van der Waals surface area contributed by atoms with Crippen LogP contribution in [0.15, 0.2) is 36.8 Å². The van der Waals surface area contributed by atoms with Gasteiger partial charge in [-0.2, -0.15) is 4.39 Å². The van der Waals surface area contributed by atoms with Crippen LogP contribution < -0.4 is 11.1 Å². The monoisotopic (exact) mass is 337 g/mol. The average Bonchev–Trinajstić information content (AvgIpc) is 2.65. The number of hydrogen-bond acceptors (Lipinski definition) is 5. The number of nitrogens with zero attached hydrogens (tertiary/aromatic N) is 3. The zero-order valence-electron chi connectivity index (χ0n) is 13.9. The Morgan fingerprint density at radius 2 is 1.84 bits per heavy atom. The van der Waals surface area contributed by atoms with Crippen LogP contribution in [0.2, 0.25) is 0 Å². The molecular weight excluding hydrogens is 317 g/mol. The van der Waals surface area contributed by atoms with E-state index in [0.717, 1.165) is 27.8 Å². The molecule has 3 aromatic rings. The zero-order chi connectivity index (χ0) is 17.2. The van der Waals surface area contributed by atoms with Crippen LogP contribution in [0.4, 0.5) is 15.9 Å². The molecule has 0 atom stereocenters. The van der Waals surface area contributed by atoms with Crippen molar-refractivity contribution < 1.29 is 4.39 Å². The van der Waals surface area contributed by atoms with Crippen LogP contribution in [-0.2, 0) is 0 Å². The van der Waals surface area contributed by atoms with E-state index in [0.29, 0.717) is 6.04 Å². The highest BCUT2D eigenvalue weighted by Crippen LogP contribution is 2.29. The van der Waals surface area contributed by atoms with E-state index in [-0.39, 0.29) is 5.69 Å². The highest BCUT2D eigenvalue weighted by atomic mass is 19.1. The third-order valence-corrected chi connectivity index (χ3v) is 4.78. The van der Waals surface area contributed by atoms with E-state index in [9.17, 15) is 4.39 Å². The summed E-state index contributed by atoms with van der Waals surface area (Å²) in [4.78, 5) is 12.5. The van der Waals surface area contributed by atoms with E-state index in [2.05, 4.69) is 20.3 Å². The van der Waals surface area contributed by atoms with Gasteiger partial charge in [0.05, 0.1) is 11.2 Å². The van der Waals surface area contributed by atoms with E-state index in [1.807, 2.05) is 18.2 Å². The summed E-state index contributed by atoms with van der Waals surface area (Å²) in [5.74, 6) is 0.203. The molecule has 1 saturated carbocycles. The Kier molecular flexibility index (Phi) is 4.17. The number of hydrogen-bond donors (Lipinski definition) is 2. The molecule has 3 N–H and O–H groups in total. The van der Waals surface area contributed by atoms with Gasteiger partial charge in [0.2, 0.25) is 5.95 Å². The van der Waals surface area contributed by atoms with Crippen molar-refractivity contribution in [1.29, 1.82) is 0 Å². The molecule has 1 aliphatic carbocycles. The van der Waals surface area contributed by atoms with Crippen molar-refractivity contribution in [3.05, 3.63) is 42.7 Å². The number of pyridine rings is 1. The first-order valence-corrected chi connectivity index (χ1v) is 8.63. The fraction of sp³-hybridized carbons (Fsp3) is 0.316. The van der Waals surface area contributed by atoms with Crippen molar-refractivity contribution in [3.8, 4) is 11.1 Å². The molecule has 1 fully saturated rings. The standard InChI is InChI=1S/C19H20FN5/c20-18-16(21)9-13(10-22-18)12-6-7-17-15(8-12)19(24-11-23-17)25-14-4-2-1-3-5-14/h6-11,14H,1-5,21H2,(H,23,24,25). The lowest BCUT2D eigenvalue weighted by Crippen LogP contribution is -2.23. The summed E-state index contributed by atoms with van der Waals surface area (Å²) < 4.78 is 13.3. The topological polar surface area (TPSA) is 76.7 Å². The van der Waals surface area contributed by atoms with Crippen molar-refractivity contribution in [2.24, 2.45) is 0 Å². The Balaban J connectivity index is 1.73. The van der Waals surface area contributed by atoms with Crippen LogP contribution in [0, 0.1) is 5.95 Å². The van der Waals surface area contributed by atoms with Crippen LogP contribution in [0.3, 0.4) is 0 Å². The van der Waals surface area contributed by atoms with Gasteiger partial charge in [-0.05, 0) is 36.6 Å². The normalized spacial score (nSPS) is 15.4. The number of aromatic nitrogens is 3. The minimum Gasteiger partial charge on any atom is -0.395 e. The predicted octanol–water partition coefficient (Wildman–Crippen LogP) is 4.16. The lowest BCUT2D eigenvalue weighted by molar-refractivity contribution is 0.462. The molecule has 1 aromatic carbocycles. The van der Waals surface area contributed by atoms with Crippen molar-refractivity contribution in [1.82, 2.24) is 15.0 Å². The summed E-state index contributed by atoms with van der Waals surface area (Å²) in [6, 6.07) is 7.95. The highest BCUT2D eigenvalue weighted by molar-refractivity contribution is 5.92. The summed E-state index contributed by atoms with van der Waals surface area (Å²) in [6.45, 7) is 0. The lowest BCUT2D eigenvalue weighted by Gasteiger charge is -2.23. The van der Waals surface area contributed by atoms with E-state index >= 15 is 0 Å². The van der Waals surface area contributed by atoms with Gasteiger partial charge in [0.1, 0.15) is 12.1 Å². The maximum Gasteiger partial charge on any atom is 0.236 e. The first-order chi connectivity index (χ1) is 12.2. The fourth-order valence-electron chi connectivity index (χ4n) is 3.41. The molecule has 0 amide bonds. The van der Waals surface area contributed by atoms with Crippen LogP contribution in [0.25, 0.3) is 22.0 Å². The van der Waals surface area contributed by atoms with Gasteiger partial charge < -0.3 is 11.1 Å². The third kappa shape index (κ3) is 3.24. The Morgan fingerprint density at radius 1 is 1.00 bits per heavy atom. The number of benzene rings is 1. The molecule has 0 unspecified atom stereocenters. The Hall–Kier alpha value is -2.76. The Morgan fingerprint density at radius 3 is 2.64 bits per heavy atom. The van der Waals surface area contributed by atoms with Gasteiger partial charge in [-0.3, -0.25) is 0 Å². The number of anilines is 2. The second-order valence-electron chi connectivity index (χ2n) is 6.54. The van der Waals surface area contributed by atoms with E-state index in [4.69, 9.17) is 5.73 Å². The molecule has 1 aliphatic rings. The molecule has 128 valence electrons. The van der Waals surface area contributed by atoms with Gasteiger partial charge in [0, 0.05) is 23.2 Å². The fourth-order valence-corrected chi connectivity index (χ4v) is 3.41. The van der Waals surface area contributed by atoms with Crippen LogP contribution >= 0.6 is 0 Å². The lowest BCUT2D eigenvalue weighted by atomic mass is 9.95. The minimum absolute atomic E-state index is 0.0439. The van der Waals surface area contributed by atoms with Crippen molar-refractivity contribution in [3.63, 3.8) is 0 Å². The SMILES string of the molecule is Nc1cc(-c2ccc3ncnc(NC4CCCCC4)c3c2)cnc1F. The number of nitrogens with two attached hydrogens (primary N) is 1. The van der Waals surface area contributed by atoms with E-state index in [1.54, 1.807) is 12.4 Å². The van der Waals surface area contributed by atoms with Gasteiger partial charge in [0.15, 0.2) is 0 Å². The molecule has 2 heterocycles. The minimum atomic E-state index is -0.646. The highest BCUT2D eigenvalue weighted by Gasteiger charge is 2.15. The quantitative estimate of drug-likeness (QED) is 0.702. The molecule has 0 spiro atoms. The summed E-state index contributed by atoms with van der Waals surface area (Å²) in [7, 11) is 0. The average molecular weight is 337 g/mol. The number of nitrogen functional groups attached to an aromatic ring is 1. The first-order valence-electron chi connectivity index (χ1n) is 8.63. The maximum absolute atomic E-state index is 13.3. The molecule has 25 heavy (non-hydrogen) atoms. The largest absolute Gasteiger partial charge is 0.395 e. The Bertz CT molecular complexity index is 905. The van der Waals surface area contributed by atoms with Crippen molar-refractivity contribution >= 4 is 22.4 Å². The number of halogens is 1. The van der Waals surface area contributed by atoms with Gasteiger partial charge in [0.25, 0.3) is 0 Å². The molecule has 2 aromatic heterocycles. The number of nitrogens with one attached hydrogen (secondary N) is 1. The van der Waals surface area contributed by atoms with Crippen LogP contribution in [-0.4, -0.2) is 21.0 Å². The van der Waals surface area contributed by atoms with Gasteiger partial charge in [-0.1, -0.05) is 25.3 Å². The first kappa shape index (κ1) is 15.7. The number of rotatable bonds is 3. The Labute approximate surface area is 145 Å². The molecular formula is C19H20FN5. The molecule has 4 rings (SSSR count). The van der Waals surface area contributed by atoms with Crippen molar-refractivity contribution in [2.45, 2.75) is 38.1 Å². The molecule has 6 heteroatoms. The predicted molar refractivity (Wildman–Crippen MR) is 97.6 cm³/mol. The number of fused-ring (bicyclic) bond motifs is 1. The van der Waals surface area contributed by atoms with E-state index < -0.39 is 5.95 Å². The second kappa shape index (κ2) is 6.63. The third-order valence-electron chi connectivity index (χ3n) is 4.78. The zero-order valence-corrected chi connectivity index (χ0v) is 13.9. The molecule has 5 nitrogen and oxygen atoms in total. The molecule has 0 bridgehead atoms. The van der Waals surface area contributed by atoms with Gasteiger partial charge in [-0.15, -0.1) is 0 Å². The van der Waals surface area contributed by atoms with Crippen molar-refractivity contribution in [2.75, 3.05) is 11.1 Å². The summed E-state index contributed by atoms with van der Waals surface area (Å²) in [5.41, 5.74) is 8.25.